The van der Waals surface area contributed by atoms with Crippen molar-refractivity contribution in [3.63, 3.8) is 0 Å². The van der Waals surface area contributed by atoms with Gasteiger partial charge in [-0.3, -0.25) is 9.69 Å². The zero-order chi connectivity index (χ0) is 23.4. The van der Waals surface area contributed by atoms with Crippen molar-refractivity contribution in [3.8, 4) is 0 Å². The molecular formula is C28H37NO3S. The molecule has 33 heavy (non-hydrogen) atoms. The Morgan fingerprint density at radius 2 is 1.61 bits per heavy atom. The summed E-state index contributed by atoms with van der Waals surface area (Å²) in [6.45, 7) is 7.50. The van der Waals surface area contributed by atoms with E-state index >= 15 is 0 Å². The molecule has 1 aliphatic heterocycles. The van der Waals surface area contributed by atoms with Crippen LogP contribution < -0.4 is 0 Å². The standard InChI is InChI=1S/C28H37NO3S/c1-28(2,29-16-18-32-19-17-29)26(22-10-14-25(33-3)15-11-22)27(31)23-6-4-20(5-7-23)21-8-12-24(30)13-9-21/h4-7,10-11,14-15,21,24,26,30H,8-9,12-13,16-19H2,1-3H3. The minimum absolute atomic E-state index is 0.150. The van der Waals surface area contributed by atoms with E-state index in [0.29, 0.717) is 19.1 Å². The minimum Gasteiger partial charge on any atom is -0.393 e. The average molecular weight is 468 g/mol. The number of carbonyl (C=O) groups excluding carboxylic acids is 1. The Labute approximate surface area is 202 Å². The smallest absolute Gasteiger partial charge is 0.172 e. The number of benzene rings is 2. The SMILES string of the molecule is CSc1ccc(C(C(=O)c2ccc(C3CCC(O)CC3)cc2)C(C)(C)N2CCOCC2)cc1. The summed E-state index contributed by atoms with van der Waals surface area (Å²) < 4.78 is 5.59. The molecular weight excluding hydrogens is 430 g/mol. The maximum absolute atomic E-state index is 14.0. The first-order valence-electron chi connectivity index (χ1n) is 12.2. The van der Waals surface area contributed by atoms with Crippen molar-refractivity contribution in [3.05, 3.63) is 65.2 Å². The van der Waals surface area contributed by atoms with Gasteiger partial charge in [0.05, 0.1) is 25.2 Å². The number of Topliss-reactive ketones (excluding diaryl/α,β-unsaturated/α-hetero) is 1. The van der Waals surface area contributed by atoms with Crippen molar-refractivity contribution in [1.82, 2.24) is 4.90 Å². The van der Waals surface area contributed by atoms with Gasteiger partial charge in [0.15, 0.2) is 5.78 Å². The molecule has 0 amide bonds. The number of hydrogen-bond donors (Lipinski definition) is 1. The predicted molar refractivity (Wildman–Crippen MR) is 135 cm³/mol. The molecule has 2 aromatic carbocycles. The molecule has 4 rings (SSSR count). The number of ether oxygens (including phenoxy) is 1. The van der Waals surface area contributed by atoms with Gasteiger partial charge >= 0.3 is 0 Å². The van der Waals surface area contributed by atoms with Gasteiger partial charge in [-0.25, -0.2) is 0 Å². The summed E-state index contributed by atoms with van der Waals surface area (Å²) in [5.74, 6) is 0.397. The van der Waals surface area contributed by atoms with Crippen LogP contribution in [0, 0.1) is 0 Å². The molecule has 1 unspecified atom stereocenters. The molecule has 1 saturated carbocycles. The largest absolute Gasteiger partial charge is 0.393 e. The van der Waals surface area contributed by atoms with Gasteiger partial charge in [0.25, 0.3) is 0 Å². The maximum Gasteiger partial charge on any atom is 0.172 e. The van der Waals surface area contributed by atoms with E-state index in [1.54, 1.807) is 11.8 Å². The fourth-order valence-electron chi connectivity index (χ4n) is 5.49. The van der Waals surface area contributed by atoms with E-state index in [0.717, 1.165) is 49.9 Å². The normalized spacial score (nSPS) is 23.3. The number of carbonyl (C=O) groups is 1. The Bertz CT molecular complexity index is 911. The van der Waals surface area contributed by atoms with Crippen molar-refractivity contribution in [2.24, 2.45) is 0 Å². The summed E-state index contributed by atoms with van der Waals surface area (Å²) in [7, 11) is 0. The molecule has 2 aromatic rings. The highest BCUT2D eigenvalue weighted by Crippen LogP contribution is 2.38. The van der Waals surface area contributed by atoms with Crippen LogP contribution in [0.3, 0.4) is 0 Å². The Morgan fingerprint density at radius 3 is 2.18 bits per heavy atom. The van der Waals surface area contributed by atoms with Gasteiger partial charge in [-0.05, 0) is 75.0 Å². The van der Waals surface area contributed by atoms with Crippen LogP contribution in [-0.4, -0.2) is 60.0 Å². The van der Waals surface area contributed by atoms with Crippen molar-refractivity contribution in [1.29, 1.82) is 0 Å². The molecule has 0 aromatic heterocycles. The first-order chi connectivity index (χ1) is 15.9. The minimum atomic E-state index is -0.333. The highest BCUT2D eigenvalue weighted by Gasteiger charge is 2.41. The highest BCUT2D eigenvalue weighted by atomic mass is 32.2. The van der Waals surface area contributed by atoms with Crippen LogP contribution in [0.1, 0.15) is 72.9 Å². The van der Waals surface area contributed by atoms with Crippen molar-refractivity contribution in [2.75, 3.05) is 32.6 Å². The molecule has 2 aliphatic rings. The number of aliphatic hydroxyl groups excluding tert-OH is 1. The lowest BCUT2D eigenvalue weighted by Crippen LogP contribution is -2.54. The van der Waals surface area contributed by atoms with E-state index in [-0.39, 0.29) is 23.3 Å². The molecule has 1 atom stereocenters. The third-order valence-corrected chi connectivity index (χ3v) is 8.35. The van der Waals surface area contributed by atoms with E-state index in [2.05, 4.69) is 61.4 Å². The Kier molecular flexibility index (Phi) is 7.95. The molecule has 1 aliphatic carbocycles. The monoisotopic (exact) mass is 467 g/mol. The number of nitrogens with zero attached hydrogens (tertiary/aromatic N) is 1. The van der Waals surface area contributed by atoms with Crippen LogP contribution in [-0.2, 0) is 4.74 Å². The fraction of sp³-hybridized carbons (Fsp3) is 0.536. The van der Waals surface area contributed by atoms with Gasteiger partial charge in [0, 0.05) is 29.1 Å². The second-order valence-corrected chi connectivity index (χ2v) is 10.8. The third-order valence-electron chi connectivity index (χ3n) is 7.61. The van der Waals surface area contributed by atoms with E-state index in [9.17, 15) is 9.90 Å². The van der Waals surface area contributed by atoms with Crippen LogP contribution in [0.4, 0.5) is 0 Å². The zero-order valence-corrected chi connectivity index (χ0v) is 20.9. The van der Waals surface area contributed by atoms with Crippen LogP contribution in [0.25, 0.3) is 0 Å². The van der Waals surface area contributed by atoms with E-state index in [4.69, 9.17) is 4.74 Å². The first kappa shape index (κ1) is 24.5. The molecule has 2 fully saturated rings. The quantitative estimate of drug-likeness (QED) is 0.430. The molecule has 1 N–H and O–H groups in total. The lowest BCUT2D eigenvalue weighted by molar-refractivity contribution is -0.0172. The summed E-state index contributed by atoms with van der Waals surface area (Å²) in [4.78, 5) is 17.6. The molecule has 1 saturated heterocycles. The number of rotatable bonds is 7. The summed E-state index contributed by atoms with van der Waals surface area (Å²) in [5, 5.41) is 9.82. The Balaban J connectivity index is 1.62. The molecule has 5 heteroatoms. The number of ketones is 1. The van der Waals surface area contributed by atoms with E-state index < -0.39 is 0 Å². The summed E-state index contributed by atoms with van der Waals surface area (Å²) in [6, 6.07) is 16.8. The lowest BCUT2D eigenvalue weighted by atomic mass is 9.75. The summed E-state index contributed by atoms with van der Waals surface area (Å²) >= 11 is 1.72. The number of morpholine rings is 1. The number of thioether (sulfide) groups is 1. The lowest BCUT2D eigenvalue weighted by Gasteiger charge is -2.45. The van der Waals surface area contributed by atoms with E-state index in [1.807, 2.05) is 12.1 Å². The van der Waals surface area contributed by atoms with Gasteiger partial charge in [0.2, 0.25) is 0 Å². The summed E-state index contributed by atoms with van der Waals surface area (Å²) in [6.07, 6.45) is 5.69. The van der Waals surface area contributed by atoms with Gasteiger partial charge in [-0.15, -0.1) is 11.8 Å². The molecule has 0 bridgehead atoms. The predicted octanol–water partition coefficient (Wildman–Crippen LogP) is 5.50. The average Bonchev–Trinajstić information content (AvgIpc) is 2.85. The number of hydrogen-bond acceptors (Lipinski definition) is 5. The van der Waals surface area contributed by atoms with Gasteiger partial charge < -0.3 is 9.84 Å². The zero-order valence-electron chi connectivity index (χ0n) is 20.1. The van der Waals surface area contributed by atoms with Gasteiger partial charge in [0.1, 0.15) is 0 Å². The third kappa shape index (κ3) is 5.54. The molecule has 0 radical (unpaired) electrons. The number of aliphatic hydroxyl groups is 1. The van der Waals surface area contributed by atoms with Crippen LogP contribution in [0.2, 0.25) is 0 Å². The highest BCUT2D eigenvalue weighted by molar-refractivity contribution is 7.98. The Morgan fingerprint density at radius 1 is 1.00 bits per heavy atom. The van der Waals surface area contributed by atoms with Crippen LogP contribution in [0.15, 0.2) is 53.4 Å². The molecule has 0 spiro atoms. The van der Waals surface area contributed by atoms with E-state index in [1.165, 1.54) is 10.5 Å². The summed E-state index contributed by atoms with van der Waals surface area (Å²) in [5.41, 5.74) is 2.79. The van der Waals surface area contributed by atoms with Gasteiger partial charge in [-0.1, -0.05) is 36.4 Å². The second-order valence-electron chi connectivity index (χ2n) is 9.95. The Hall–Kier alpha value is -1.66. The van der Waals surface area contributed by atoms with Crippen LogP contribution in [0.5, 0.6) is 0 Å². The molecule has 178 valence electrons. The fourth-order valence-corrected chi connectivity index (χ4v) is 5.90. The van der Waals surface area contributed by atoms with Crippen molar-refractivity contribution in [2.45, 2.75) is 67.9 Å². The second kappa shape index (κ2) is 10.7. The maximum atomic E-state index is 14.0. The topological polar surface area (TPSA) is 49.8 Å². The molecule has 4 nitrogen and oxygen atoms in total. The van der Waals surface area contributed by atoms with Crippen molar-refractivity contribution < 1.29 is 14.6 Å². The van der Waals surface area contributed by atoms with Crippen LogP contribution >= 0.6 is 11.8 Å². The molecule has 1 heterocycles. The first-order valence-corrected chi connectivity index (χ1v) is 13.4. The van der Waals surface area contributed by atoms with Crippen molar-refractivity contribution >= 4 is 17.5 Å². The van der Waals surface area contributed by atoms with Gasteiger partial charge in [-0.2, -0.15) is 0 Å².